The Kier molecular flexibility index (Phi) is 5.39. The fourth-order valence-electron chi connectivity index (χ4n) is 2.08. The van der Waals surface area contributed by atoms with E-state index in [4.69, 9.17) is 11.6 Å². The summed E-state index contributed by atoms with van der Waals surface area (Å²) in [5, 5.41) is 0.527. The standard InChI is InChI=1S/C16H18ClNO2S/c1-2-12-18(13-14-6-4-3-5-7-14)21(19,20)16-10-8-15(17)9-11-16/h3-11H,2,12-13H2,1H3. The zero-order chi connectivity index (χ0) is 15.3. The third-order valence-electron chi connectivity index (χ3n) is 3.13. The minimum Gasteiger partial charge on any atom is -0.207 e. The molecule has 0 saturated carbocycles. The van der Waals surface area contributed by atoms with Crippen molar-refractivity contribution in [2.75, 3.05) is 6.54 Å². The van der Waals surface area contributed by atoms with Crippen molar-refractivity contribution in [3.8, 4) is 0 Å². The Labute approximate surface area is 131 Å². The van der Waals surface area contributed by atoms with E-state index in [1.165, 1.54) is 4.31 Å². The summed E-state index contributed by atoms with van der Waals surface area (Å²) in [4.78, 5) is 0.274. The molecule has 0 unspecified atom stereocenters. The van der Waals surface area contributed by atoms with E-state index in [9.17, 15) is 8.42 Å². The van der Waals surface area contributed by atoms with E-state index >= 15 is 0 Å². The van der Waals surface area contributed by atoms with Gasteiger partial charge in [0.2, 0.25) is 10.0 Å². The second-order valence-electron chi connectivity index (χ2n) is 4.78. The van der Waals surface area contributed by atoms with E-state index < -0.39 is 10.0 Å². The van der Waals surface area contributed by atoms with Crippen LogP contribution in [0.2, 0.25) is 5.02 Å². The van der Waals surface area contributed by atoms with Crippen molar-refractivity contribution in [3.05, 3.63) is 65.2 Å². The maximum Gasteiger partial charge on any atom is 0.243 e. The second kappa shape index (κ2) is 7.07. The molecule has 0 heterocycles. The highest BCUT2D eigenvalue weighted by Crippen LogP contribution is 2.20. The fraction of sp³-hybridized carbons (Fsp3) is 0.250. The third kappa shape index (κ3) is 4.06. The van der Waals surface area contributed by atoms with Gasteiger partial charge in [-0.25, -0.2) is 8.42 Å². The molecule has 0 aromatic heterocycles. The average Bonchev–Trinajstić information content (AvgIpc) is 2.48. The van der Waals surface area contributed by atoms with E-state index in [1.54, 1.807) is 24.3 Å². The van der Waals surface area contributed by atoms with Gasteiger partial charge in [0.1, 0.15) is 0 Å². The Bertz CT molecular complexity index is 669. The maximum atomic E-state index is 12.7. The van der Waals surface area contributed by atoms with Crippen LogP contribution < -0.4 is 0 Å². The van der Waals surface area contributed by atoms with E-state index in [1.807, 2.05) is 37.3 Å². The van der Waals surface area contributed by atoms with Crippen LogP contribution in [0.15, 0.2) is 59.5 Å². The van der Waals surface area contributed by atoms with Gasteiger partial charge in [-0.05, 0) is 36.2 Å². The summed E-state index contributed by atoms with van der Waals surface area (Å²) in [6.07, 6.45) is 0.764. The molecular formula is C16H18ClNO2S. The van der Waals surface area contributed by atoms with Crippen molar-refractivity contribution < 1.29 is 8.42 Å². The Morgan fingerprint density at radius 3 is 2.19 bits per heavy atom. The average molecular weight is 324 g/mol. The predicted molar refractivity (Wildman–Crippen MR) is 85.8 cm³/mol. The lowest BCUT2D eigenvalue weighted by atomic mass is 10.2. The lowest BCUT2D eigenvalue weighted by Crippen LogP contribution is -2.31. The van der Waals surface area contributed by atoms with Gasteiger partial charge in [-0.3, -0.25) is 0 Å². The zero-order valence-electron chi connectivity index (χ0n) is 11.9. The van der Waals surface area contributed by atoms with Gasteiger partial charge in [0.05, 0.1) is 4.90 Å². The Hall–Kier alpha value is -1.36. The van der Waals surface area contributed by atoms with Crippen LogP contribution in [0.1, 0.15) is 18.9 Å². The molecule has 0 fully saturated rings. The van der Waals surface area contributed by atoms with Crippen molar-refractivity contribution in [3.63, 3.8) is 0 Å². The summed E-state index contributed by atoms with van der Waals surface area (Å²) in [6.45, 7) is 2.83. The summed E-state index contributed by atoms with van der Waals surface area (Å²) in [5.41, 5.74) is 0.975. The number of nitrogens with zero attached hydrogens (tertiary/aromatic N) is 1. The highest BCUT2D eigenvalue weighted by atomic mass is 35.5. The molecule has 112 valence electrons. The van der Waals surface area contributed by atoms with Crippen molar-refractivity contribution in [1.82, 2.24) is 4.31 Å². The first-order valence-corrected chi connectivity index (χ1v) is 8.65. The second-order valence-corrected chi connectivity index (χ2v) is 7.15. The summed E-state index contributed by atoms with van der Waals surface area (Å²) in [6, 6.07) is 15.9. The molecule has 5 heteroatoms. The molecule has 0 atom stereocenters. The van der Waals surface area contributed by atoms with Crippen LogP contribution in [-0.4, -0.2) is 19.3 Å². The number of halogens is 1. The number of rotatable bonds is 6. The van der Waals surface area contributed by atoms with Crippen molar-refractivity contribution in [1.29, 1.82) is 0 Å². The molecule has 2 rings (SSSR count). The SMILES string of the molecule is CCCN(Cc1ccccc1)S(=O)(=O)c1ccc(Cl)cc1. The molecule has 0 N–H and O–H groups in total. The first-order valence-electron chi connectivity index (χ1n) is 6.83. The van der Waals surface area contributed by atoms with Gasteiger partial charge < -0.3 is 0 Å². The normalized spacial score (nSPS) is 11.8. The van der Waals surface area contributed by atoms with Gasteiger partial charge in [0.25, 0.3) is 0 Å². The first kappa shape index (κ1) is 16.0. The summed E-state index contributed by atoms with van der Waals surface area (Å²) < 4.78 is 26.9. The largest absolute Gasteiger partial charge is 0.243 e. The van der Waals surface area contributed by atoms with Gasteiger partial charge in [-0.15, -0.1) is 0 Å². The Balaban J connectivity index is 2.30. The van der Waals surface area contributed by atoms with Crippen molar-refractivity contribution >= 4 is 21.6 Å². The molecule has 3 nitrogen and oxygen atoms in total. The summed E-state index contributed by atoms with van der Waals surface area (Å²) in [5.74, 6) is 0. The first-order chi connectivity index (χ1) is 10.0. The van der Waals surface area contributed by atoms with E-state index in [2.05, 4.69) is 0 Å². The molecule has 0 saturated heterocycles. The highest BCUT2D eigenvalue weighted by Gasteiger charge is 2.23. The van der Waals surface area contributed by atoms with Crippen LogP contribution in [-0.2, 0) is 16.6 Å². The molecule has 0 bridgehead atoms. The Morgan fingerprint density at radius 2 is 1.62 bits per heavy atom. The number of benzene rings is 2. The molecule has 0 aliphatic rings. The minimum absolute atomic E-state index is 0.274. The molecule has 0 spiro atoms. The molecule has 0 aliphatic carbocycles. The summed E-state index contributed by atoms with van der Waals surface area (Å²) in [7, 11) is -3.50. The monoisotopic (exact) mass is 323 g/mol. The van der Waals surface area contributed by atoms with Crippen LogP contribution in [0.25, 0.3) is 0 Å². The fourth-order valence-corrected chi connectivity index (χ4v) is 3.72. The lowest BCUT2D eigenvalue weighted by Gasteiger charge is -2.21. The highest BCUT2D eigenvalue weighted by molar-refractivity contribution is 7.89. The van der Waals surface area contributed by atoms with E-state index in [0.29, 0.717) is 18.1 Å². The van der Waals surface area contributed by atoms with Crippen LogP contribution in [0.4, 0.5) is 0 Å². The third-order valence-corrected chi connectivity index (χ3v) is 5.24. The number of hydrogen-bond acceptors (Lipinski definition) is 2. The predicted octanol–water partition coefficient (Wildman–Crippen LogP) is 3.94. The zero-order valence-corrected chi connectivity index (χ0v) is 13.4. The number of sulfonamides is 1. The molecule has 0 radical (unpaired) electrons. The Morgan fingerprint density at radius 1 is 1.00 bits per heavy atom. The van der Waals surface area contributed by atoms with Crippen LogP contribution in [0.3, 0.4) is 0 Å². The van der Waals surface area contributed by atoms with Crippen LogP contribution in [0, 0.1) is 0 Å². The molecule has 21 heavy (non-hydrogen) atoms. The van der Waals surface area contributed by atoms with Crippen molar-refractivity contribution in [2.24, 2.45) is 0 Å². The lowest BCUT2D eigenvalue weighted by molar-refractivity contribution is 0.405. The molecule has 0 amide bonds. The molecule has 2 aromatic rings. The number of hydrogen-bond donors (Lipinski definition) is 0. The quantitative estimate of drug-likeness (QED) is 0.807. The van der Waals surface area contributed by atoms with Crippen molar-refractivity contribution in [2.45, 2.75) is 24.8 Å². The molecule has 2 aromatic carbocycles. The van der Waals surface area contributed by atoms with Crippen LogP contribution >= 0.6 is 11.6 Å². The minimum atomic E-state index is -3.50. The van der Waals surface area contributed by atoms with E-state index in [-0.39, 0.29) is 4.90 Å². The molecular weight excluding hydrogens is 306 g/mol. The van der Waals surface area contributed by atoms with Crippen LogP contribution in [0.5, 0.6) is 0 Å². The summed E-state index contributed by atoms with van der Waals surface area (Å²) >= 11 is 5.82. The topological polar surface area (TPSA) is 37.4 Å². The maximum absolute atomic E-state index is 12.7. The van der Waals surface area contributed by atoms with Gasteiger partial charge in [-0.1, -0.05) is 48.9 Å². The van der Waals surface area contributed by atoms with Gasteiger partial charge in [0, 0.05) is 18.1 Å². The van der Waals surface area contributed by atoms with E-state index in [0.717, 1.165) is 12.0 Å². The van der Waals surface area contributed by atoms with Gasteiger partial charge in [0.15, 0.2) is 0 Å². The molecule has 0 aliphatic heterocycles. The van der Waals surface area contributed by atoms with Gasteiger partial charge in [-0.2, -0.15) is 4.31 Å². The smallest absolute Gasteiger partial charge is 0.207 e. The van der Waals surface area contributed by atoms with Gasteiger partial charge >= 0.3 is 0 Å².